The van der Waals surface area contributed by atoms with Crippen molar-refractivity contribution in [2.24, 2.45) is 5.92 Å². The van der Waals surface area contributed by atoms with Crippen LogP contribution in [0.1, 0.15) is 19.8 Å². The molecule has 1 saturated carbocycles. The van der Waals surface area contributed by atoms with E-state index in [9.17, 15) is 0 Å². The summed E-state index contributed by atoms with van der Waals surface area (Å²) < 4.78 is 5.23. The summed E-state index contributed by atoms with van der Waals surface area (Å²) in [7, 11) is 1.71. The Bertz CT molecular complexity index is 597. The van der Waals surface area contributed by atoms with E-state index in [4.69, 9.17) is 16.3 Å². The third-order valence-corrected chi connectivity index (χ3v) is 4.04. The van der Waals surface area contributed by atoms with Crippen molar-refractivity contribution in [2.45, 2.75) is 25.8 Å². The maximum atomic E-state index is 6.03. The molecule has 0 aliphatic heterocycles. The van der Waals surface area contributed by atoms with Crippen LogP contribution in [0.3, 0.4) is 0 Å². The van der Waals surface area contributed by atoms with Crippen molar-refractivity contribution in [2.75, 3.05) is 25.2 Å². The van der Waals surface area contributed by atoms with Crippen molar-refractivity contribution in [3.8, 4) is 0 Å². The van der Waals surface area contributed by atoms with E-state index in [1.54, 1.807) is 13.3 Å². The van der Waals surface area contributed by atoms with Crippen LogP contribution in [0.15, 0.2) is 6.20 Å². The van der Waals surface area contributed by atoms with Gasteiger partial charge in [-0.15, -0.1) is 0 Å². The van der Waals surface area contributed by atoms with Gasteiger partial charge >= 0.3 is 0 Å². The molecule has 108 valence electrons. The second-order valence-electron chi connectivity index (χ2n) is 5.21. The van der Waals surface area contributed by atoms with Gasteiger partial charge < -0.3 is 9.64 Å². The molecule has 1 unspecified atom stereocenters. The summed E-state index contributed by atoms with van der Waals surface area (Å²) in [6.07, 6.45) is 4.30. The highest BCUT2D eigenvalue weighted by Gasteiger charge is 2.33. The number of anilines is 1. The topological polar surface area (TPSA) is 66.9 Å². The fraction of sp³-hybridized carbons (Fsp3) is 0.615. The maximum absolute atomic E-state index is 6.03. The third-order valence-electron chi connectivity index (χ3n) is 3.87. The smallest absolute Gasteiger partial charge is 0.226 e. The minimum absolute atomic E-state index is 0.238. The van der Waals surface area contributed by atoms with Crippen molar-refractivity contribution in [3.63, 3.8) is 0 Å². The van der Waals surface area contributed by atoms with Crippen molar-refractivity contribution in [3.05, 3.63) is 11.5 Å². The minimum Gasteiger partial charge on any atom is -0.383 e. The summed E-state index contributed by atoms with van der Waals surface area (Å²) in [5, 5.41) is 8.03. The molecule has 1 fully saturated rings. The van der Waals surface area contributed by atoms with Crippen LogP contribution in [0.25, 0.3) is 11.0 Å². The van der Waals surface area contributed by atoms with Crippen LogP contribution in [0.2, 0.25) is 5.28 Å². The number of halogens is 1. The van der Waals surface area contributed by atoms with Gasteiger partial charge in [0.25, 0.3) is 0 Å². The highest BCUT2D eigenvalue weighted by molar-refractivity contribution is 6.28. The predicted octanol–water partition coefficient (Wildman–Crippen LogP) is 2.26. The second-order valence-corrected chi connectivity index (χ2v) is 5.55. The van der Waals surface area contributed by atoms with Gasteiger partial charge in [0.15, 0.2) is 5.65 Å². The van der Waals surface area contributed by atoms with Crippen LogP contribution in [0, 0.1) is 5.92 Å². The monoisotopic (exact) mass is 295 g/mol. The molecule has 2 aromatic rings. The number of hydrogen-bond acceptors (Lipinski definition) is 5. The fourth-order valence-corrected chi connectivity index (χ4v) is 2.70. The number of aromatic amines is 1. The molecule has 1 aliphatic carbocycles. The van der Waals surface area contributed by atoms with E-state index >= 15 is 0 Å². The lowest BCUT2D eigenvalue weighted by Crippen LogP contribution is -2.38. The van der Waals surface area contributed by atoms with E-state index < -0.39 is 0 Å². The van der Waals surface area contributed by atoms with Crippen LogP contribution in [-0.4, -0.2) is 46.5 Å². The number of nitrogens with one attached hydrogen (secondary N) is 1. The maximum Gasteiger partial charge on any atom is 0.226 e. The van der Waals surface area contributed by atoms with Crippen molar-refractivity contribution in [1.82, 2.24) is 20.2 Å². The molecule has 1 atom stereocenters. The molecule has 1 aliphatic rings. The van der Waals surface area contributed by atoms with Crippen molar-refractivity contribution < 1.29 is 4.74 Å². The first-order chi connectivity index (χ1) is 9.70. The SMILES string of the molecule is COCCN(c1nc(Cl)nc2[nH]ncc12)C(C)C1CC1. The van der Waals surface area contributed by atoms with Gasteiger partial charge in [-0.05, 0) is 37.3 Å². The van der Waals surface area contributed by atoms with Gasteiger partial charge in [0, 0.05) is 19.7 Å². The van der Waals surface area contributed by atoms with Gasteiger partial charge in [0.05, 0.1) is 18.2 Å². The van der Waals surface area contributed by atoms with E-state index in [-0.39, 0.29) is 5.28 Å². The molecule has 2 heterocycles. The van der Waals surface area contributed by atoms with Gasteiger partial charge in [-0.3, -0.25) is 5.10 Å². The standard InChI is InChI=1S/C13H18ClN5O/c1-8(9-3-4-9)19(5-6-20-2)12-10-7-15-18-11(10)16-13(14)17-12/h7-9H,3-6H2,1-2H3,(H,15,16,17,18). The van der Waals surface area contributed by atoms with Gasteiger partial charge in [-0.1, -0.05) is 0 Å². The van der Waals surface area contributed by atoms with Gasteiger partial charge in [0.1, 0.15) is 5.82 Å². The Labute approximate surface area is 122 Å². The minimum atomic E-state index is 0.238. The normalized spacial score (nSPS) is 16.6. The third kappa shape index (κ3) is 2.58. The summed E-state index contributed by atoms with van der Waals surface area (Å²) in [6, 6.07) is 0.411. The summed E-state index contributed by atoms with van der Waals surface area (Å²) >= 11 is 6.03. The van der Waals surface area contributed by atoms with Crippen molar-refractivity contribution >= 4 is 28.5 Å². The lowest BCUT2D eigenvalue weighted by molar-refractivity contribution is 0.202. The molecule has 2 aromatic heterocycles. The summed E-state index contributed by atoms with van der Waals surface area (Å²) in [6.45, 7) is 3.66. The van der Waals surface area contributed by atoms with Crippen molar-refractivity contribution in [1.29, 1.82) is 0 Å². The fourth-order valence-electron chi connectivity index (χ4n) is 2.54. The zero-order valence-corrected chi connectivity index (χ0v) is 12.4. The number of H-pyrrole nitrogens is 1. The Morgan fingerprint density at radius 2 is 2.30 bits per heavy atom. The number of rotatable bonds is 6. The summed E-state index contributed by atoms with van der Waals surface area (Å²) in [5.41, 5.74) is 0.672. The number of methoxy groups -OCH3 is 1. The number of hydrogen-bond donors (Lipinski definition) is 1. The molecule has 0 spiro atoms. The molecule has 0 aromatic carbocycles. The highest BCUT2D eigenvalue weighted by atomic mass is 35.5. The number of nitrogens with zero attached hydrogens (tertiary/aromatic N) is 4. The first-order valence-corrected chi connectivity index (χ1v) is 7.20. The number of aromatic nitrogens is 4. The van der Waals surface area contributed by atoms with Gasteiger partial charge in [-0.25, -0.2) is 0 Å². The second kappa shape index (κ2) is 5.54. The number of fused-ring (bicyclic) bond motifs is 1. The average molecular weight is 296 g/mol. The molecule has 0 amide bonds. The zero-order chi connectivity index (χ0) is 14.1. The molecule has 0 bridgehead atoms. The van der Waals surface area contributed by atoms with Gasteiger partial charge in [0.2, 0.25) is 5.28 Å². The lowest BCUT2D eigenvalue weighted by Gasteiger charge is -2.30. The summed E-state index contributed by atoms with van der Waals surface area (Å²) in [4.78, 5) is 10.8. The molecule has 6 nitrogen and oxygen atoms in total. The van der Waals surface area contributed by atoms with Gasteiger partial charge in [-0.2, -0.15) is 15.1 Å². The largest absolute Gasteiger partial charge is 0.383 e. The van der Waals surface area contributed by atoms with Crippen LogP contribution in [0.5, 0.6) is 0 Å². The van der Waals surface area contributed by atoms with E-state index in [0.717, 1.165) is 23.7 Å². The quantitative estimate of drug-likeness (QED) is 0.828. The average Bonchev–Trinajstić information content (AvgIpc) is 3.17. The number of ether oxygens (including phenoxy) is 1. The Morgan fingerprint density at radius 3 is 3.00 bits per heavy atom. The van der Waals surface area contributed by atoms with E-state index in [0.29, 0.717) is 18.3 Å². The van der Waals surface area contributed by atoms with E-state index in [2.05, 4.69) is 32.0 Å². The van der Waals surface area contributed by atoms with Crippen LogP contribution < -0.4 is 4.90 Å². The van der Waals surface area contributed by atoms with Crippen LogP contribution in [0.4, 0.5) is 5.82 Å². The molecule has 0 saturated heterocycles. The Balaban J connectivity index is 2.00. The Morgan fingerprint density at radius 1 is 1.50 bits per heavy atom. The first-order valence-electron chi connectivity index (χ1n) is 6.83. The predicted molar refractivity (Wildman–Crippen MR) is 78.1 cm³/mol. The molecule has 3 rings (SSSR count). The molecule has 7 heteroatoms. The zero-order valence-electron chi connectivity index (χ0n) is 11.6. The molecule has 0 radical (unpaired) electrons. The Hall–Kier alpha value is -1.40. The summed E-state index contributed by atoms with van der Waals surface area (Å²) in [5.74, 6) is 1.56. The highest BCUT2D eigenvalue weighted by Crippen LogP contribution is 2.37. The van der Waals surface area contributed by atoms with E-state index in [1.807, 2.05) is 0 Å². The molecular weight excluding hydrogens is 278 g/mol. The van der Waals surface area contributed by atoms with E-state index in [1.165, 1.54) is 12.8 Å². The molecule has 1 N–H and O–H groups in total. The van der Waals surface area contributed by atoms with Crippen LogP contribution >= 0.6 is 11.6 Å². The van der Waals surface area contributed by atoms with Crippen LogP contribution in [-0.2, 0) is 4.74 Å². The Kier molecular flexibility index (Phi) is 3.76. The molecule has 20 heavy (non-hydrogen) atoms. The molecular formula is C13H18ClN5O. The lowest BCUT2D eigenvalue weighted by atomic mass is 10.1. The first kappa shape index (κ1) is 13.6.